The minimum atomic E-state index is -0.761. The molecule has 3 heterocycles. The minimum Gasteiger partial charge on any atom is -0.508 e. The van der Waals surface area contributed by atoms with Crippen molar-refractivity contribution in [2.45, 2.75) is 25.0 Å². The summed E-state index contributed by atoms with van der Waals surface area (Å²) in [5.41, 5.74) is 0.622. The van der Waals surface area contributed by atoms with Gasteiger partial charge in [-0.15, -0.1) is 11.3 Å². The van der Waals surface area contributed by atoms with E-state index in [2.05, 4.69) is 0 Å². The molecule has 2 aromatic rings. The number of phenolic OH excluding ortho intramolecular Hbond substituents is 1. The van der Waals surface area contributed by atoms with Crippen LogP contribution in [0.15, 0.2) is 53.1 Å². The third-order valence-corrected chi connectivity index (χ3v) is 5.77. The maximum atomic E-state index is 13.0. The van der Waals surface area contributed by atoms with Gasteiger partial charge in [-0.2, -0.15) is 0 Å². The maximum Gasteiger partial charge on any atom is 0.290 e. The van der Waals surface area contributed by atoms with Gasteiger partial charge in [0.15, 0.2) is 5.76 Å². The number of carbonyl (C=O) groups excluding carboxylic acids is 2. The largest absolute Gasteiger partial charge is 0.508 e. The normalized spacial score (nSPS) is 22.7. The number of Topliss-reactive ketones (excluding diaryl/α,β-unsaturated/α-hetero) is 1. The monoisotopic (exact) mass is 385 g/mol. The fraction of sp³-hybridized carbons (Fsp3) is 0.300. The van der Waals surface area contributed by atoms with E-state index >= 15 is 0 Å². The molecule has 1 fully saturated rings. The van der Waals surface area contributed by atoms with Crippen LogP contribution in [0, 0.1) is 0 Å². The van der Waals surface area contributed by atoms with E-state index in [4.69, 9.17) is 4.74 Å². The van der Waals surface area contributed by atoms with E-state index in [1.165, 1.54) is 28.4 Å². The Labute approximate surface area is 160 Å². The Balaban J connectivity index is 1.76. The molecule has 1 amide bonds. The molecule has 0 radical (unpaired) electrons. The molecule has 2 unspecified atom stereocenters. The van der Waals surface area contributed by atoms with Crippen molar-refractivity contribution in [1.82, 2.24) is 4.90 Å². The van der Waals surface area contributed by atoms with Gasteiger partial charge in [0.1, 0.15) is 5.75 Å². The van der Waals surface area contributed by atoms with Gasteiger partial charge in [0, 0.05) is 13.2 Å². The molecule has 1 aromatic heterocycles. The molecule has 1 aromatic carbocycles. The Bertz CT molecular complexity index is 899. The summed E-state index contributed by atoms with van der Waals surface area (Å²) in [4.78, 5) is 27.8. The zero-order valence-corrected chi connectivity index (χ0v) is 15.3. The minimum absolute atomic E-state index is 0.0336. The number of nitrogens with zero attached hydrogens (tertiary/aromatic N) is 1. The third-order valence-electron chi connectivity index (χ3n) is 4.90. The van der Waals surface area contributed by atoms with Crippen LogP contribution in [0.1, 0.15) is 34.1 Å². The number of rotatable bonds is 5. The van der Waals surface area contributed by atoms with E-state index in [0.717, 1.165) is 12.8 Å². The molecule has 6 nitrogen and oxygen atoms in total. The highest BCUT2D eigenvalue weighted by Gasteiger charge is 2.45. The van der Waals surface area contributed by atoms with Gasteiger partial charge in [-0.25, -0.2) is 0 Å². The van der Waals surface area contributed by atoms with Crippen LogP contribution in [0.25, 0.3) is 0 Å². The van der Waals surface area contributed by atoms with Gasteiger partial charge in [0.05, 0.1) is 22.6 Å². The predicted octanol–water partition coefficient (Wildman–Crippen LogP) is 3.21. The first-order valence-corrected chi connectivity index (χ1v) is 9.67. The summed E-state index contributed by atoms with van der Waals surface area (Å²) < 4.78 is 5.65. The average molecular weight is 385 g/mol. The molecule has 2 aliphatic heterocycles. The summed E-state index contributed by atoms with van der Waals surface area (Å²) in [6, 6.07) is 9.08. The molecule has 140 valence electrons. The number of aliphatic hydroxyl groups excluding tert-OH is 1. The molecule has 2 N–H and O–H groups in total. The predicted molar refractivity (Wildman–Crippen MR) is 99.8 cm³/mol. The lowest BCUT2D eigenvalue weighted by Gasteiger charge is -2.28. The fourth-order valence-electron chi connectivity index (χ4n) is 3.66. The number of thiophene rings is 1. The Morgan fingerprint density at radius 3 is 2.78 bits per heavy atom. The number of ketones is 1. The van der Waals surface area contributed by atoms with E-state index in [9.17, 15) is 19.8 Å². The van der Waals surface area contributed by atoms with Gasteiger partial charge in [-0.05, 0) is 42.0 Å². The quantitative estimate of drug-likeness (QED) is 0.772. The van der Waals surface area contributed by atoms with Crippen molar-refractivity contribution in [3.05, 3.63) is 63.6 Å². The van der Waals surface area contributed by atoms with Crippen molar-refractivity contribution in [3.63, 3.8) is 0 Å². The summed E-state index contributed by atoms with van der Waals surface area (Å²) in [5.74, 6) is -1.45. The fourth-order valence-corrected chi connectivity index (χ4v) is 4.34. The second-order valence-electron chi connectivity index (χ2n) is 6.66. The number of aliphatic hydroxyl groups is 1. The van der Waals surface area contributed by atoms with Crippen molar-refractivity contribution >= 4 is 23.0 Å². The van der Waals surface area contributed by atoms with Gasteiger partial charge in [0.25, 0.3) is 5.91 Å². The number of carbonyl (C=O) groups is 2. The number of hydrogen-bond acceptors (Lipinski definition) is 6. The highest BCUT2D eigenvalue weighted by molar-refractivity contribution is 7.12. The van der Waals surface area contributed by atoms with Crippen LogP contribution in [0.4, 0.5) is 0 Å². The smallest absolute Gasteiger partial charge is 0.290 e. The summed E-state index contributed by atoms with van der Waals surface area (Å²) in [6.45, 7) is 0.925. The first-order chi connectivity index (χ1) is 13.1. The second kappa shape index (κ2) is 7.17. The van der Waals surface area contributed by atoms with Crippen LogP contribution in [-0.4, -0.2) is 46.1 Å². The van der Waals surface area contributed by atoms with Crippen LogP contribution in [0.3, 0.4) is 0 Å². The Kier molecular flexibility index (Phi) is 4.72. The Hall–Kier alpha value is -2.64. The van der Waals surface area contributed by atoms with Crippen molar-refractivity contribution in [2.75, 3.05) is 13.2 Å². The standard InChI is InChI=1S/C20H19NO5S/c22-13-5-1-4-12(10-13)17-16(18(23)15-7-3-9-27-15)19(24)20(25)21(17)11-14-6-2-8-26-14/h1,3-5,7,9-10,14,17,22,24H,2,6,8,11H2. The van der Waals surface area contributed by atoms with E-state index in [1.54, 1.807) is 29.6 Å². The number of hydrogen-bond donors (Lipinski definition) is 2. The lowest BCUT2D eigenvalue weighted by molar-refractivity contribution is -0.131. The van der Waals surface area contributed by atoms with E-state index in [0.29, 0.717) is 17.0 Å². The zero-order valence-electron chi connectivity index (χ0n) is 14.5. The second-order valence-corrected chi connectivity index (χ2v) is 7.61. The Morgan fingerprint density at radius 2 is 2.11 bits per heavy atom. The van der Waals surface area contributed by atoms with Crippen LogP contribution < -0.4 is 0 Å². The average Bonchev–Trinajstić information content (AvgIpc) is 3.40. The van der Waals surface area contributed by atoms with Gasteiger partial charge in [-0.3, -0.25) is 9.59 Å². The summed E-state index contributed by atoms with van der Waals surface area (Å²) in [7, 11) is 0. The number of amides is 1. The van der Waals surface area contributed by atoms with Crippen molar-refractivity contribution in [1.29, 1.82) is 0 Å². The molecule has 27 heavy (non-hydrogen) atoms. The van der Waals surface area contributed by atoms with E-state index in [1.807, 2.05) is 0 Å². The molecule has 0 aliphatic carbocycles. The highest BCUT2D eigenvalue weighted by atomic mass is 32.1. The SMILES string of the molecule is O=C(C1=C(O)C(=O)N(CC2CCCO2)C1c1cccc(O)c1)c1cccs1. The zero-order chi connectivity index (χ0) is 19.0. The molecular weight excluding hydrogens is 366 g/mol. The topological polar surface area (TPSA) is 87.1 Å². The highest BCUT2D eigenvalue weighted by Crippen LogP contribution is 2.40. The molecule has 0 saturated carbocycles. The van der Waals surface area contributed by atoms with Gasteiger partial charge in [0.2, 0.25) is 5.78 Å². The number of benzene rings is 1. The van der Waals surface area contributed by atoms with Crippen LogP contribution in [-0.2, 0) is 9.53 Å². The lowest BCUT2D eigenvalue weighted by atomic mass is 9.95. The third kappa shape index (κ3) is 3.24. The van der Waals surface area contributed by atoms with Crippen molar-refractivity contribution in [2.24, 2.45) is 0 Å². The van der Waals surface area contributed by atoms with Crippen molar-refractivity contribution < 1.29 is 24.5 Å². The molecule has 2 atom stereocenters. The molecular formula is C20H19NO5S. The van der Waals surface area contributed by atoms with Crippen LogP contribution >= 0.6 is 11.3 Å². The Morgan fingerprint density at radius 1 is 1.26 bits per heavy atom. The van der Waals surface area contributed by atoms with E-state index < -0.39 is 17.7 Å². The van der Waals surface area contributed by atoms with Crippen molar-refractivity contribution in [3.8, 4) is 5.75 Å². The lowest BCUT2D eigenvalue weighted by Crippen LogP contribution is -2.37. The number of phenols is 1. The van der Waals surface area contributed by atoms with Gasteiger partial charge < -0.3 is 19.8 Å². The molecule has 0 spiro atoms. The van der Waals surface area contributed by atoms with E-state index in [-0.39, 0.29) is 29.8 Å². The molecule has 7 heteroatoms. The maximum absolute atomic E-state index is 13.0. The van der Waals surface area contributed by atoms with Gasteiger partial charge >= 0.3 is 0 Å². The number of ether oxygens (including phenoxy) is 1. The number of aromatic hydroxyl groups is 1. The molecule has 4 rings (SSSR count). The van der Waals surface area contributed by atoms with Gasteiger partial charge in [-0.1, -0.05) is 18.2 Å². The van der Waals surface area contributed by atoms with Crippen LogP contribution in [0.5, 0.6) is 5.75 Å². The molecule has 1 saturated heterocycles. The first-order valence-electron chi connectivity index (χ1n) is 8.79. The first kappa shape index (κ1) is 17.8. The molecule has 0 bridgehead atoms. The van der Waals surface area contributed by atoms with Crippen LogP contribution in [0.2, 0.25) is 0 Å². The summed E-state index contributed by atoms with van der Waals surface area (Å²) >= 11 is 1.26. The summed E-state index contributed by atoms with van der Waals surface area (Å²) in [5, 5.41) is 22.2. The molecule has 2 aliphatic rings. The summed E-state index contributed by atoms with van der Waals surface area (Å²) in [6.07, 6.45) is 1.62.